The van der Waals surface area contributed by atoms with E-state index in [1.807, 2.05) is 32.9 Å². The van der Waals surface area contributed by atoms with Gasteiger partial charge in [0.1, 0.15) is 5.75 Å². The summed E-state index contributed by atoms with van der Waals surface area (Å²) >= 11 is 0. The van der Waals surface area contributed by atoms with Crippen molar-refractivity contribution in [2.24, 2.45) is 0 Å². The maximum atomic E-state index is 12.4. The van der Waals surface area contributed by atoms with Gasteiger partial charge in [0.25, 0.3) is 11.8 Å². The van der Waals surface area contributed by atoms with Gasteiger partial charge in [-0.05, 0) is 62.2 Å². The number of nitrogens with one attached hydrogen (secondary N) is 1. The van der Waals surface area contributed by atoms with E-state index in [1.165, 1.54) is 0 Å². The lowest BCUT2D eigenvalue weighted by molar-refractivity contribution is -0.121. The van der Waals surface area contributed by atoms with E-state index in [9.17, 15) is 9.59 Å². The summed E-state index contributed by atoms with van der Waals surface area (Å²) in [6.07, 6.45) is 0. The van der Waals surface area contributed by atoms with E-state index in [-0.39, 0.29) is 18.4 Å². The third-order valence-corrected chi connectivity index (χ3v) is 4.25. The van der Waals surface area contributed by atoms with Gasteiger partial charge in [0, 0.05) is 17.8 Å². The molecule has 2 aromatic rings. The maximum absolute atomic E-state index is 12.4. The number of ether oxygens (including phenoxy) is 1. The minimum absolute atomic E-state index is 0.0508. The Bertz CT molecular complexity index is 814. The molecule has 3 rings (SSSR count). The van der Waals surface area contributed by atoms with Gasteiger partial charge in [-0.15, -0.1) is 0 Å². The Balaban J connectivity index is 1.85. The minimum Gasteiger partial charge on any atom is -0.482 e. The van der Waals surface area contributed by atoms with Gasteiger partial charge in [-0.1, -0.05) is 6.07 Å². The number of rotatable bonds is 3. The number of anilines is 2. The van der Waals surface area contributed by atoms with Gasteiger partial charge in [0.05, 0.1) is 5.69 Å². The van der Waals surface area contributed by atoms with Crippen LogP contribution in [0.4, 0.5) is 11.4 Å². The molecule has 1 N–H and O–H groups in total. The van der Waals surface area contributed by atoms with Crippen molar-refractivity contribution in [2.75, 3.05) is 23.4 Å². The molecule has 1 aliphatic rings. The highest BCUT2D eigenvalue weighted by atomic mass is 16.5. The lowest BCUT2D eigenvalue weighted by Gasteiger charge is -2.28. The van der Waals surface area contributed by atoms with Crippen LogP contribution in [0.5, 0.6) is 5.75 Å². The number of carbonyl (C=O) groups is 2. The predicted molar refractivity (Wildman–Crippen MR) is 93.8 cm³/mol. The first-order valence-electron chi connectivity index (χ1n) is 7.95. The Morgan fingerprint density at radius 2 is 1.96 bits per heavy atom. The third kappa shape index (κ3) is 2.97. The van der Waals surface area contributed by atoms with Gasteiger partial charge in [-0.3, -0.25) is 9.59 Å². The molecule has 0 saturated carbocycles. The molecule has 2 aromatic carbocycles. The van der Waals surface area contributed by atoms with Crippen molar-refractivity contribution in [1.29, 1.82) is 0 Å². The quantitative estimate of drug-likeness (QED) is 0.942. The van der Waals surface area contributed by atoms with Gasteiger partial charge in [0.15, 0.2) is 6.61 Å². The normalized spacial score (nSPS) is 13.3. The smallest absolute Gasteiger partial charge is 0.265 e. The van der Waals surface area contributed by atoms with Crippen molar-refractivity contribution >= 4 is 23.2 Å². The number of aryl methyl sites for hydroxylation is 2. The Kier molecular flexibility index (Phi) is 4.25. The van der Waals surface area contributed by atoms with Crippen molar-refractivity contribution in [2.45, 2.75) is 20.8 Å². The summed E-state index contributed by atoms with van der Waals surface area (Å²) in [6.45, 7) is 6.51. The van der Waals surface area contributed by atoms with Crippen LogP contribution < -0.4 is 15.0 Å². The van der Waals surface area contributed by atoms with Gasteiger partial charge >= 0.3 is 0 Å². The van der Waals surface area contributed by atoms with Crippen LogP contribution in [0.25, 0.3) is 0 Å². The van der Waals surface area contributed by atoms with E-state index < -0.39 is 0 Å². The molecule has 0 atom stereocenters. The lowest BCUT2D eigenvalue weighted by atomic mass is 10.1. The largest absolute Gasteiger partial charge is 0.482 e. The number of likely N-dealkylation sites (N-methyl/N-ethyl adjacent to an activating group) is 1. The van der Waals surface area contributed by atoms with E-state index in [1.54, 1.807) is 29.2 Å². The van der Waals surface area contributed by atoms with Crippen molar-refractivity contribution in [3.05, 3.63) is 53.1 Å². The van der Waals surface area contributed by atoms with E-state index in [2.05, 4.69) is 5.32 Å². The van der Waals surface area contributed by atoms with Gasteiger partial charge in [-0.2, -0.15) is 0 Å². The molecule has 1 aliphatic heterocycles. The minimum atomic E-state index is -0.177. The molecule has 0 radical (unpaired) electrons. The Morgan fingerprint density at radius 1 is 1.17 bits per heavy atom. The second-order valence-corrected chi connectivity index (χ2v) is 5.86. The van der Waals surface area contributed by atoms with Gasteiger partial charge in [0.2, 0.25) is 0 Å². The molecule has 0 saturated heterocycles. The molecule has 1 heterocycles. The Morgan fingerprint density at radius 3 is 2.67 bits per heavy atom. The summed E-state index contributed by atoms with van der Waals surface area (Å²) in [5.41, 5.74) is 4.15. The molecule has 0 spiro atoms. The average Bonchev–Trinajstić information content (AvgIpc) is 2.57. The van der Waals surface area contributed by atoms with E-state index >= 15 is 0 Å². The molecule has 24 heavy (non-hydrogen) atoms. The molecule has 0 fully saturated rings. The molecule has 5 heteroatoms. The van der Waals surface area contributed by atoms with Crippen LogP contribution in [-0.4, -0.2) is 25.0 Å². The summed E-state index contributed by atoms with van der Waals surface area (Å²) in [5.74, 6) is 0.396. The van der Waals surface area contributed by atoms with E-state index in [0.29, 0.717) is 29.2 Å². The highest BCUT2D eigenvalue weighted by Crippen LogP contribution is 2.34. The molecule has 0 aliphatic carbocycles. The van der Waals surface area contributed by atoms with Crippen LogP contribution >= 0.6 is 0 Å². The molecule has 0 bridgehead atoms. The standard InChI is InChI=1S/C19H20N2O3/c1-4-21-16-10-15(7-8-17(16)24-11-18(21)22)20-19(23)14-6-5-12(2)13(3)9-14/h5-10H,4,11H2,1-3H3,(H,20,23). The fourth-order valence-corrected chi connectivity index (χ4v) is 2.71. The number of hydrogen-bond donors (Lipinski definition) is 1. The number of hydrogen-bond acceptors (Lipinski definition) is 3. The highest BCUT2D eigenvalue weighted by Gasteiger charge is 2.24. The SMILES string of the molecule is CCN1C(=O)COc2ccc(NC(=O)c3ccc(C)c(C)c3)cc21. The second kappa shape index (κ2) is 6.35. The van der Waals surface area contributed by atoms with Crippen molar-refractivity contribution in [3.63, 3.8) is 0 Å². The Hall–Kier alpha value is -2.82. The Labute approximate surface area is 141 Å². The van der Waals surface area contributed by atoms with Crippen LogP contribution in [-0.2, 0) is 4.79 Å². The predicted octanol–water partition coefficient (Wildman–Crippen LogP) is 3.30. The van der Waals surface area contributed by atoms with Crippen molar-refractivity contribution < 1.29 is 14.3 Å². The van der Waals surface area contributed by atoms with Gasteiger partial charge in [-0.25, -0.2) is 0 Å². The summed E-state index contributed by atoms with van der Waals surface area (Å²) in [5, 5.41) is 2.88. The van der Waals surface area contributed by atoms with Crippen LogP contribution in [0.1, 0.15) is 28.4 Å². The molecule has 0 unspecified atom stereocenters. The number of carbonyl (C=O) groups excluding carboxylic acids is 2. The zero-order valence-electron chi connectivity index (χ0n) is 14.1. The third-order valence-electron chi connectivity index (χ3n) is 4.25. The number of benzene rings is 2. The lowest BCUT2D eigenvalue weighted by Crippen LogP contribution is -2.38. The number of fused-ring (bicyclic) bond motifs is 1. The molecule has 0 aromatic heterocycles. The highest BCUT2D eigenvalue weighted by molar-refractivity contribution is 6.05. The zero-order valence-corrected chi connectivity index (χ0v) is 14.1. The first-order valence-corrected chi connectivity index (χ1v) is 7.95. The molecular weight excluding hydrogens is 304 g/mol. The topological polar surface area (TPSA) is 58.6 Å². The molecule has 2 amide bonds. The maximum Gasteiger partial charge on any atom is 0.265 e. The zero-order chi connectivity index (χ0) is 17.3. The molecule has 124 valence electrons. The first kappa shape index (κ1) is 16.1. The fourth-order valence-electron chi connectivity index (χ4n) is 2.71. The molecule has 5 nitrogen and oxygen atoms in total. The van der Waals surface area contributed by atoms with Gasteiger partial charge < -0.3 is 15.0 Å². The van der Waals surface area contributed by atoms with Crippen molar-refractivity contribution in [1.82, 2.24) is 0 Å². The first-order chi connectivity index (χ1) is 11.5. The van der Waals surface area contributed by atoms with Crippen LogP contribution in [0.15, 0.2) is 36.4 Å². The molecular formula is C19H20N2O3. The van der Waals surface area contributed by atoms with Crippen molar-refractivity contribution in [3.8, 4) is 5.75 Å². The summed E-state index contributed by atoms with van der Waals surface area (Å²) in [6, 6.07) is 10.9. The summed E-state index contributed by atoms with van der Waals surface area (Å²) < 4.78 is 5.44. The van der Waals surface area contributed by atoms with Crippen LogP contribution in [0.2, 0.25) is 0 Å². The number of amides is 2. The monoisotopic (exact) mass is 324 g/mol. The average molecular weight is 324 g/mol. The van der Waals surface area contributed by atoms with Crippen LogP contribution in [0, 0.1) is 13.8 Å². The summed E-state index contributed by atoms with van der Waals surface area (Å²) in [7, 11) is 0. The number of nitrogens with zero attached hydrogens (tertiary/aromatic N) is 1. The van der Waals surface area contributed by atoms with E-state index in [0.717, 1.165) is 11.1 Å². The van der Waals surface area contributed by atoms with Crippen LogP contribution in [0.3, 0.4) is 0 Å². The summed E-state index contributed by atoms with van der Waals surface area (Å²) in [4.78, 5) is 26.0. The second-order valence-electron chi connectivity index (χ2n) is 5.86. The van der Waals surface area contributed by atoms with E-state index in [4.69, 9.17) is 4.74 Å². The fraction of sp³-hybridized carbons (Fsp3) is 0.263.